The van der Waals surface area contributed by atoms with Gasteiger partial charge >= 0.3 is 5.97 Å². The SMILES string of the molecule is C=Cc1c2[nH]c(c1C)/C=C1\N/C(=C3\c4[nH]c(c(C)c4C(=O)[C@@H]3C(=O)OC)/C=c3\[nH]/c(c(C)c3C)=C\2)[C@@H](CCC)[C@@H]1C. The molecule has 3 aliphatic rings. The summed E-state index contributed by atoms with van der Waals surface area (Å²) in [5, 5.41) is 5.70. The zero-order valence-corrected chi connectivity index (χ0v) is 24.9. The number of esters is 1. The molecule has 2 aliphatic heterocycles. The number of Topliss-reactive ketones (excluding diaryl/α,β-unsaturated/α-hetero) is 1. The van der Waals surface area contributed by atoms with Crippen LogP contribution in [0, 0.1) is 45.4 Å². The van der Waals surface area contributed by atoms with Gasteiger partial charge < -0.3 is 25.0 Å². The van der Waals surface area contributed by atoms with E-state index in [1.807, 2.05) is 13.0 Å². The van der Waals surface area contributed by atoms with Gasteiger partial charge in [-0.15, -0.1) is 0 Å². The summed E-state index contributed by atoms with van der Waals surface area (Å²) in [6.45, 7) is 16.8. The van der Waals surface area contributed by atoms with Gasteiger partial charge in [-0.25, -0.2) is 0 Å². The number of aromatic amines is 3. The molecule has 1 saturated heterocycles. The molecule has 1 fully saturated rings. The summed E-state index contributed by atoms with van der Waals surface area (Å²) in [5.41, 5.74) is 12.2. The van der Waals surface area contributed by atoms with Crippen molar-refractivity contribution in [1.82, 2.24) is 20.3 Å². The molecule has 0 aromatic carbocycles. The fraction of sp³-hybridized carbons (Fsp3) is 0.353. The van der Waals surface area contributed by atoms with E-state index in [4.69, 9.17) is 4.74 Å². The maximum atomic E-state index is 13.9. The highest BCUT2D eigenvalue weighted by Gasteiger charge is 2.48. The molecular weight excluding hydrogens is 512 g/mol. The van der Waals surface area contributed by atoms with Gasteiger partial charge in [-0.1, -0.05) is 32.9 Å². The van der Waals surface area contributed by atoms with E-state index >= 15 is 0 Å². The Morgan fingerprint density at radius 2 is 1.61 bits per heavy atom. The van der Waals surface area contributed by atoms with Gasteiger partial charge in [0.15, 0.2) is 5.78 Å². The maximum Gasteiger partial charge on any atom is 0.321 e. The van der Waals surface area contributed by atoms with Crippen LogP contribution >= 0.6 is 0 Å². The predicted octanol–water partition coefficient (Wildman–Crippen LogP) is 4.91. The average molecular weight is 551 g/mol. The summed E-state index contributed by atoms with van der Waals surface area (Å²) in [6.07, 6.45) is 10.2. The molecule has 6 rings (SSSR count). The average Bonchev–Trinajstić information content (AvgIpc) is 3.68. The van der Waals surface area contributed by atoms with Crippen LogP contribution in [0.3, 0.4) is 0 Å². The van der Waals surface area contributed by atoms with E-state index in [0.29, 0.717) is 11.1 Å². The van der Waals surface area contributed by atoms with Crippen LogP contribution in [0.4, 0.5) is 0 Å². The van der Waals surface area contributed by atoms with Gasteiger partial charge in [-0.05, 0) is 74.6 Å². The van der Waals surface area contributed by atoms with E-state index in [-0.39, 0.29) is 17.6 Å². The predicted molar refractivity (Wildman–Crippen MR) is 163 cm³/mol. The Balaban J connectivity index is 1.74. The molecule has 3 aromatic heterocycles. The monoisotopic (exact) mass is 550 g/mol. The number of methoxy groups -OCH3 is 1. The van der Waals surface area contributed by atoms with Crippen molar-refractivity contribution in [3.63, 3.8) is 0 Å². The number of ketones is 1. The minimum Gasteiger partial charge on any atom is -0.468 e. The molecule has 41 heavy (non-hydrogen) atoms. The van der Waals surface area contributed by atoms with Crippen molar-refractivity contribution in [1.29, 1.82) is 0 Å². The molecular formula is C34H38N4O3. The van der Waals surface area contributed by atoms with Crippen molar-refractivity contribution in [2.45, 2.75) is 54.4 Å². The number of aromatic nitrogens is 3. The zero-order valence-electron chi connectivity index (χ0n) is 24.9. The van der Waals surface area contributed by atoms with Crippen molar-refractivity contribution in [3.8, 4) is 0 Å². The second-order valence-electron chi connectivity index (χ2n) is 11.7. The molecule has 0 spiro atoms. The largest absolute Gasteiger partial charge is 0.468 e. The van der Waals surface area contributed by atoms with Gasteiger partial charge in [-0.3, -0.25) is 9.59 Å². The van der Waals surface area contributed by atoms with Crippen molar-refractivity contribution in [2.24, 2.45) is 17.8 Å². The summed E-state index contributed by atoms with van der Waals surface area (Å²) in [6, 6.07) is 0. The van der Waals surface area contributed by atoms with Crippen LogP contribution < -0.4 is 16.0 Å². The van der Waals surface area contributed by atoms with Crippen LogP contribution in [0.25, 0.3) is 29.9 Å². The van der Waals surface area contributed by atoms with E-state index in [9.17, 15) is 9.59 Å². The number of carbonyl (C=O) groups is 2. The van der Waals surface area contributed by atoms with Crippen LogP contribution in [0.2, 0.25) is 0 Å². The number of rotatable bonds is 4. The van der Waals surface area contributed by atoms with Gasteiger partial charge in [0.25, 0.3) is 0 Å². The Labute approximate surface area is 240 Å². The van der Waals surface area contributed by atoms with E-state index in [2.05, 4.69) is 79.7 Å². The van der Waals surface area contributed by atoms with E-state index in [1.165, 1.54) is 7.11 Å². The lowest BCUT2D eigenvalue weighted by atomic mass is 9.85. The summed E-state index contributed by atoms with van der Waals surface area (Å²) < 4.78 is 5.19. The van der Waals surface area contributed by atoms with Crippen LogP contribution in [-0.4, -0.2) is 33.8 Å². The summed E-state index contributed by atoms with van der Waals surface area (Å²) in [5.74, 6) is -1.46. The highest BCUT2D eigenvalue weighted by molar-refractivity contribution is 6.24. The van der Waals surface area contributed by atoms with Crippen LogP contribution in [-0.2, 0) is 9.53 Å². The highest BCUT2D eigenvalue weighted by Crippen LogP contribution is 2.48. The Kier molecular flexibility index (Phi) is 6.36. The fourth-order valence-electron chi connectivity index (χ4n) is 6.93. The van der Waals surface area contributed by atoms with Crippen LogP contribution in [0.1, 0.15) is 87.6 Å². The molecule has 0 unspecified atom stereocenters. The summed E-state index contributed by atoms with van der Waals surface area (Å²) in [4.78, 5) is 37.9. The smallest absolute Gasteiger partial charge is 0.321 e. The lowest BCUT2D eigenvalue weighted by Crippen LogP contribution is -2.25. The normalized spacial score (nSPS) is 25.6. The number of hydrogen-bond acceptors (Lipinski definition) is 4. The number of allylic oxidation sites excluding steroid dienone is 2. The molecule has 212 valence electrons. The van der Waals surface area contributed by atoms with Crippen LogP contribution in [0.15, 0.2) is 18.0 Å². The minimum absolute atomic E-state index is 0.120. The first-order valence-corrected chi connectivity index (χ1v) is 14.4. The molecule has 0 saturated carbocycles. The summed E-state index contributed by atoms with van der Waals surface area (Å²) >= 11 is 0. The Bertz CT molecular complexity index is 1840. The minimum atomic E-state index is -0.997. The Morgan fingerprint density at radius 1 is 0.951 bits per heavy atom. The van der Waals surface area contributed by atoms with Gasteiger partial charge in [0, 0.05) is 67.7 Å². The number of H-pyrrole nitrogens is 3. The fourth-order valence-corrected chi connectivity index (χ4v) is 6.93. The molecule has 0 radical (unpaired) electrons. The molecule has 7 heteroatoms. The molecule has 1 aliphatic carbocycles. The number of fused-ring (bicyclic) bond motifs is 7. The van der Waals surface area contributed by atoms with Gasteiger partial charge in [0.2, 0.25) is 0 Å². The molecule has 8 bridgehead atoms. The van der Waals surface area contributed by atoms with Crippen molar-refractivity contribution >= 4 is 41.6 Å². The topological polar surface area (TPSA) is 103 Å². The number of ether oxygens (including phenoxy) is 1. The standard InChI is InChI=1S/C34H38N4O3/c1-9-11-21-18(6)25-13-24-17(5)20(10-2)27(36-24)14-23-16(4)15(3)22(35-23)12-26-19(7)28-32(38-26)29(31(21)37-25)30(33(28)39)34(40)41-8/h10,12-14,18,21,30,35-38H,2,9,11H2,1,3-8H3/b22-12-,23-14-,25-13-,31-29-/t18-,21-,30+/m0/s1. The third kappa shape index (κ3) is 3.85. The van der Waals surface area contributed by atoms with E-state index in [1.54, 1.807) is 0 Å². The maximum absolute atomic E-state index is 13.9. The van der Waals surface area contributed by atoms with Crippen molar-refractivity contribution in [3.05, 3.63) is 84.8 Å². The van der Waals surface area contributed by atoms with E-state index in [0.717, 1.165) is 85.5 Å². The Hall–Kier alpha value is -4.26. The number of carbonyl (C=O) groups excluding carboxylic acids is 2. The lowest BCUT2D eigenvalue weighted by molar-refractivity contribution is -0.141. The third-order valence-corrected chi connectivity index (χ3v) is 9.51. The quantitative estimate of drug-likeness (QED) is 0.274. The zero-order chi connectivity index (χ0) is 29.3. The van der Waals surface area contributed by atoms with Crippen LogP contribution in [0.5, 0.6) is 0 Å². The molecule has 3 atom stereocenters. The molecule has 3 aromatic rings. The molecule has 5 heterocycles. The summed E-state index contributed by atoms with van der Waals surface area (Å²) in [7, 11) is 1.35. The second-order valence-corrected chi connectivity index (χ2v) is 11.7. The van der Waals surface area contributed by atoms with Gasteiger partial charge in [0.05, 0.1) is 12.8 Å². The molecule has 0 amide bonds. The number of hydrogen-bond donors (Lipinski definition) is 4. The van der Waals surface area contributed by atoms with Gasteiger partial charge in [-0.2, -0.15) is 0 Å². The van der Waals surface area contributed by atoms with Gasteiger partial charge in [0.1, 0.15) is 5.92 Å². The van der Waals surface area contributed by atoms with Crippen molar-refractivity contribution < 1.29 is 14.3 Å². The molecule has 7 nitrogen and oxygen atoms in total. The highest BCUT2D eigenvalue weighted by atomic mass is 16.5. The second kappa shape index (κ2) is 9.68. The first kappa shape index (κ1) is 26.9. The lowest BCUT2D eigenvalue weighted by Gasteiger charge is -2.19. The third-order valence-electron chi connectivity index (χ3n) is 9.51. The first-order chi connectivity index (χ1) is 19.6. The van der Waals surface area contributed by atoms with E-state index < -0.39 is 11.9 Å². The molecule has 4 N–H and O–H groups in total. The van der Waals surface area contributed by atoms with Crippen molar-refractivity contribution in [2.75, 3.05) is 7.11 Å². The Morgan fingerprint density at radius 3 is 2.24 bits per heavy atom. The number of nitrogens with one attached hydrogen (secondary N) is 4. The first-order valence-electron chi connectivity index (χ1n) is 14.4.